The summed E-state index contributed by atoms with van der Waals surface area (Å²) < 4.78 is 72.5. The molecule has 6 atom stereocenters. The van der Waals surface area contributed by atoms with Gasteiger partial charge in [0.2, 0.25) is 5.60 Å². The molecule has 0 aliphatic carbocycles. The number of hydrogen-bond acceptors (Lipinski definition) is 13. The van der Waals surface area contributed by atoms with E-state index in [1.807, 2.05) is 0 Å². The third-order valence-corrected chi connectivity index (χ3v) is 11.3. The van der Waals surface area contributed by atoms with E-state index >= 15 is 0 Å². The molecule has 55 heavy (non-hydrogen) atoms. The van der Waals surface area contributed by atoms with Crippen LogP contribution in [0, 0.1) is 6.92 Å². The van der Waals surface area contributed by atoms with E-state index in [9.17, 15) is 41.1 Å². The number of carboxylic acids is 1. The molecular formula is C36H65F3N4O9S3. The number of nitrogens with zero attached hydrogens (tertiary/aromatic N) is 1. The molecule has 0 radical (unpaired) electrons. The lowest BCUT2D eigenvalue weighted by Crippen LogP contribution is -2.43. The van der Waals surface area contributed by atoms with Gasteiger partial charge in [-0.05, 0) is 96.3 Å². The van der Waals surface area contributed by atoms with Crippen molar-refractivity contribution < 1.29 is 55.7 Å². The number of aromatic nitrogens is 1. The van der Waals surface area contributed by atoms with E-state index in [1.165, 1.54) is 12.3 Å². The average Bonchev–Trinajstić information content (AvgIpc) is 3.10. The SMILES string of the molecule is CCCCS(=O)CCC(N)C(=O)OC(C)(C)C.CCCCS(=O)CCC(N)C(=O)OCC.Cc1ccc(C(O)(CCSCCC(N)C(=O)O)C(F)(F)F)nc1. The largest absolute Gasteiger partial charge is 0.480 e. The van der Waals surface area contributed by atoms with Crippen LogP contribution in [-0.2, 0) is 51.1 Å². The van der Waals surface area contributed by atoms with E-state index in [4.69, 9.17) is 31.8 Å². The van der Waals surface area contributed by atoms with Gasteiger partial charge in [0, 0.05) is 50.8 Å². The normalized spacial score (nSPS) is 15.4. The number of hydrogen-bond donors (Lipinski definition) is 5. The minimum atomic E-state index is -4.85. The Balaban J connectivity index is 0. The number of thioether (sulfide) groups is 1. The first-order valence-corrected chi connectivity index (χ1v) is 22.5. The van der Waals surface area contributed by atoms with Crippen molar-refractivity contribution in [1.82, 2.24) is 4.98 Å². The number of ether oxygens (including phenoxy) is 2. The Morgan fingerprint density at radius 1 is 0.836 bits per heavy atom. The van der Waals surface area contributed by atoms with Gasteiger partial charge in [0.15, 0.2) is 0 Å². The third kappa shape index (κ3) is 26.4. The minimum absolute atomic E-state index is 0.00208. The second-order valence-electron chi connectivity index (χ2n) is 13.7. The van der Waals surface area contributed by atoms with Crippen LogP contribution < -0.4 is 17.2 Å². The van der Waals surface area contributed by atoms with Gasteiger partial charge in [0.1, 0.15) is 23.7 Å². The number of alkyl halides is 3. The van der Waals surface area contributed by atoms with Crippen molar-refractivity contribution in [2.75, 3.05) is 41.1 Å². The van der Waals surface area contributed by atoms with Crippen LogP contribution in [0.4, 0.5) is 13.2 Å². The molecule has 0 aliphatic heterocycles. The molecule has 1 heterocycles. The van der Waals surface area contributed by atoms with Crippen LogP contribution in [0.2, 0.25) is 0 Å². The summed E-state index contributed by atoms with van der Waals surface area (Å²) in [7, 11) is -1.72. The van der Waals surface area contributed by atoms with Crippen molar-refractivity contribution >= 4 is 51.3 Å². The fraction of sp³-hybridized carbons (Fsp3) is 0.778. The van der Waals surface area contributed by atoms with Crippen molar-refractivity contribution in [3.05, 3.63) is 29.6 Å². The molecule has 6 unspecified atom stereocenters. The smallest absolute Gasteiger partial charge is 0.423 e. The van der Waals surface area contributed by atoms with Crippen molar-refractivity contribution in [1.29, 1.82) is 0 Å². The molecular weight excluding hydrogens is 786 g/mol. The van der Waals surface area contributed by atoms with Crippen LogP contribution in [0.25, 0.3) is 0 Å². The summed E-state index contributed by atoms with van der Waals surface area (Å²) in [4.78, 5) is 36.9. The number of aliphatic hydroxyl groups is 1. The molecule has 322 valence electrons. The van der Waals surface area contributed by atoms with Crippen molar-refractivity contribution in [3.63, 3.8) is 0 Å². The Morgan fingerprint density at radius 3 is 1.75 bits per heavy atom. The molecule has 0 aromatic carbocycles. The van der Waals surface area contributed by atoms with Gasteiger partial charge in [0.25, 0.3) is 0 Å². The Morgan fingerprint density at radius 2 is 1.35 bits per heavy atom. The highest BCUT2D eigenvalue weighted by Crippen LogP contribution is 2.41. The number of unbranched alkanes of at least 4 members (excludes halogenated alkanes) is 2. The summed E-state index contributed by atoms with van der Waals surface area (Å²) in [6.07, 6.45) is 0.834. The molecule has 0 amide bonds. The molecule has 0 aliphatic rings. The first kappa shape index (κ1) is 54.9. The zero-order chi connectivity index (χ0) is 42.8. The minimum Gasteiger partial charge on any atom is -0.480 e. The van der Waals surface area contributed by atoms with Crippen molar-refractivity contribution in [2.24, 2.45) is 17.2 Å². The Bertz CT molecular complexity index is 1290. The highest BCUT2D eigenvalue weighted by molar-refractivity contribution is 7.99. The molecule has 1 aromatic rings. The van der Waals surface area contributed by atoms with E-state index in [0.29, 0.717) is 53.8 Å². The number of carbonyl (C=O) groups is 3. The predicted molar refractivity (Wildman–Crippen MR) is 214 cm³/mol. The number of rotatable bonds is 23. The number of aryl methyl sites for hydroxylation is 1. The maximum Gasteiger partial charge on any atom is 0.423 e. The van der Waals surface area contributed by atoms with Gasteiger partial charge in [-0.25, -0.2) is 0 Å². The van der Waals surface area contributed by atoms with E-state index in [2.05, 4.69) is 18.8 Å². The molecule has 0 spiro atoms. The van der Waals surface area contributed by atoms with Gasteiger partial charge in [-0.1, -0.05) is 32.8 Å². The van der Waals surface area contributed by atoms with E-state index in [1.54, 1.807) is 34.6 Å². The topological polar surface area (TPSA) is 235 Å². The molecule has 0 fully saturated rings. The molecule has 19 heteroatoms. The quantitative estimate of drug-likeness (QED) is 0.0755. The molecule has 0 saturated carbocycles. The third-order valence-electron chi connectivity index (χ3n) is 7.37. The second-order valence-corrected chi connectivity index (χ2v) is 18.3. The summed E-state index contributed by atoms with van der Waals surface area (Å²) in [6, 6.07) is 0.282. The predicted octanol–water partition coefficient (Wildman–Crippen LogP) is 4.48. The Labute approximate surface area is 334 Å². The van der Waals surface area contributed by atoms with Crippen LogP contribution in [-0.4, -0.2) is 113 Å². The van der Waals surface area contributed by atoms with Gasteiger partial charge in [0.05, 0.1) is 12.3 Å². The van der Waals surface area contributed by atoms with Crippen LogP contribution in [0.5, 0.6) is 0 Å². The highest BCUT2D eigenvalue weighted by Gasteiger charge is 2.55. The lowest BCUT2D eigenvalue weighted by atomic mass is 9.95. The number of aliphatic carboxylic acids is 1. The fourth-order valence-electron chi connectivity index (χ4n) is 3.98. The number of halogens is 3. The molecule has 1 aromatic heterocycles. The van der Waals surface area contributed by atoms with Gasteiger partial charge < -0.3 is 36.9 Å². The van der Waals surface area contributed by atoms with Crippen LogP contribution >= 0.6 is 11.8 Å². The van der Waals surface area contributed by atoms with Crippen molar-refractivity contribution in [2.45, 2.75) is 135 Å². The van der Waals surface area contributed by atoms with Gasteiger partial charge in [-0.15, -0.1) is 0 Å². The maximum atomic E-state index is 13.2. The molecule has 0 bridgehead atoms. The average molecular weight is 851 g/mol. The second kappa shape index (κ2) is 29.1. The van der Waals surface area contributed by atoms with E-state index in [-0.39, 0.29) is 12.2 Å². The van der Waals surface area contributed by atoms with Crippen molar-refractivity contribution in [3.8, 4) is 0 Å². The fourth-order valence-corrected chi connectivity index (χ4v) is 7.70. The summed E-state index contributed by atoms with van der Waals surface area (Å²) >= 11 is 1.11. The van der Waals surface area contributed by atoms with Gasteiger partial charge >= 0.3 is 24.1 Å². The highest BCUT2D eigenvalue weighted by atomic mass is 32.2. The summed E-state index contributed by atoms with van der Waals surface area (Å²) in [5, 5.41) is 18.7. The first-order chi connectivity index (χ1) is 25.4. The monoisotopic (exact) mass is 850 g/mol. The summed E-state index contributed by atoms with van der Waals surface area (Å²) in [6.45, 7) is 13.3. The standard InChI is InChI=1S/C14H19F3N2O3S.C12H25NO3S.C10H21NO3S/c1-9-2-3-11(19-8-9)13(22,14(15,16)17)5-7-23-6-4-10(18)12(20)21;1-5-6-8-17(15)9-7-10(13)11(14)16-12(2,3)4;1-3-5-7-15(13)8-6-9(11)10(12)14-4-2/h2-3,8,10,22H,4-7,18H2,1H3,(H,20,21);10H,5-9,13H2,1-4H3;9H,3-8,11H2,1-2H3. The number of nitrogens with two attached hydrogens (primary N) is 3. The van der Waals surface area contributed by atoms with E-state index in [0.717, 1.165) is 43.5 Å². The molecule has 8 N–H and O–H groups in total. The van der Waals surface area contributed by atoms with Crippen LogP contribution in [0.3, 0.4) is 0 Å². The Kier molecular flexibility index (Phi) is 29.1. The van der Waals surface area contributed by atoms with E-state index < -0.39 is 87.1 Å². The number of carbonyl (C=O) groups excluding carboxylic acids is 2. The molecule has 0 saturated heterocycles. The van der Waals surface area contributed by atoms with Gasteiger partial charge in [-0.3, -0.25) is 27.8 Å². The Hall–Kier alpha value is -2.16. The summed E-state index contributed by atoms with van der Waals surface area (Å²) in [5.74, 6) is 0.682. The zero-order valence-corrected chi connectivity index (χ0v) is 35.8. The zero-order valence-electron chi connectivity index (χ0n) is 33.4. The lowest BCUT2D eigenvalue weighted by molar-refractivity contribution is -0.268. The van der Waals surface area contributed by atoms with Gasteiger partial charge in [-0.2, -0.15) is 24.9 Å². The number of esters is 2. The molecule has 13 nitrogen and oxygen atoms in total. The first-order valence-electron chi connectivity index (χ1n) is 18.3. The van der Waals surface area contributed by atoms with Crippen LogP contribution in [0.15, 0.2) is 18.3 Å². The van der Waals surface area contributed by atoms with Crippen LogP contribution in [0.1, 0.15) is 104 Å². The number of pyridine rings is 1. The number of carboxylic acid groups (broad SMARTS) is 1. The summed E-state index contributed by atoms with van der Waals surface area (Å²) in [5.41, 5.74) is 13.3. The maximum absolute atomic E-state index is 13.2. The lowest BCUT2D eigenvalue weighted by Gasteiger charge is -2.30. The molecule has 1 rings (SSSR count).